The summed E-state index contributed by atoms with van der Waals surface area (Å²) in [6, 6.07) is 11.6. The number of anilines is 1. The summed E-state index contributed by atoms with van der Waals surface area (Å²) < 4.78 is 25.4. The molecule has 8 nitrogen and oxygen atoms in total. The van der Waals surface area contributed by atoms with Crippen LogP contribution >= 0.6 is 0 Å². The van der Waals surface area contributed by atoms with Crippen LogP contribution in [0.1, 0.15) is 29.9 Å². The molecule has 2 amide bonds. The van der Waals surface area contributed by atoms with Crippen molar-refractivity contribution >= 4 is 17.5 Å². The van der Waals surface area contributed by atoms with Crippen LogP contribution in [0.15, 0.2) is 42.5 Å². The SMILES string of the molecule is CN(C)CC(=O)Nc1ccc2c(c1)[C@H]1C[C@@H](CC(=O)NCc3cccc(F)c3)O[C@@H](CO)[C@H]1O2. The number of aliphatic hydroxyl groups is 1. The Morgan fingerprint density at radius 1 is 1.18 bits per heavy atom. The van der Waals surface area contributed by atoms with Gasteiger partial charge in [0.15, 0.2) is 0 Å². The van der Waals surface area contributed by atoms with Crippen LogP contribution < -0.4 is 15.4 Å². The molecular weight excluding hydrogens is 441 g/mol. The number of rotatable bonds is 8. The summed E-state index contributed by atoms with van der Waals surface area (Å²) in [5, 5.41) is 15.6. The number of carbonyl (C=O) groups excluding carboxylic acids is 2. The number of aliphatic hydroxyl groups excluding tert-OH is 1. The molecule has 2 aromatic carbocycles. The molecule has 0 spiro atoms. The van der Waals surface area contributed by atoms with E-state index in [1.54, 1.807) is 23.1 Å². The highest BCUT2D eigenvalue weighted by Crippen LogP contribution is 2.47. The maximum Gasteiger partial charge on any atom is 0.238 e. The number of nitrogens with zero attached hydrogens (tertiary/aromatic N) is 1. The van der Waals surface area contributed by atoms with E-state index in [4.69, 9.17) is 9.47 Å². The van der Waals surface area contributed by atoms with E-state index in [1.165, 1.54) is 12.1 Å². The molecule has 4 atom stereocenters. The minimum Gasteiger partial charge on any atom is -0.487 e. The Morgan fingerprint density at radius 2 is 2.00 bits per heavy atom. The van der Waals surface area contributed by atoms with E-state index in [0.717, 1.165) is 5.56 Å². The minimum absolute atomic E-state index is 0.0763. The van der Waals surface area contributed by atoms with Gasteiger partial charge in [-0.2, -0.15) is 0 Å². The lowest BCUT2D eigenvalue weighted by molar-refractivity contribution is -0.142. The second kappa shape index (κ2) is 10.5. The van der Waals surface area contributed by atoms with E-state index in [0.29, 0.717) is 23.4 Å². The zero-order valence-electron chi connectivity index (χ0n) is 19.3. The lowest BCUT2D eigenvalue weighted by Crippen LogP contribution is -2.47. The molecule has 0 unspecified atom stereocenters. The monoisotopic (exact) mass is 471 g/mol. The third-order valence-electron chi connectivity index (χ3n) is 6.03. The second-order valence-electron chi connectivity index (χ2n) is 9.05. The normalized spacial score (nSPS) is 23.1. The fourth-order valence-corrected chi connectivity index (χ4v) is 4.58. The fraction of sp³-hybridized carbons (Fsp3) is 0.440. The Balaban J connectivity index is 1.41. The summed E-state index contributed by atoms with van der Waals surface area (Å²) in [6.07, 6.45) is -0.689. The average molecular weight is 472 g/mol. The molecular formula is C25H30FN3O5. The van der Waals surface area contributed by atoms with Crippen LogP contribution in [0.4, 0.5) is 10.1 Å². The molecule has 0 bridgehead atoms. The van der Waals surface area contributed by atoms with Crippen LogP contribution in [0, 0.1) is 5.82 Å². The van der Waals surface area contributed by atoms with Gasteiger partial charge in [0.05, 0.1) is 25.7 Å². The number of nitrogens with one attached hydrogen (secondary N) is 2. The molecule has 182 valence electrons. The lowest BCUT2D eigenvalue weighted by Gasteiger charge is -2.37. The largest absolute Gasteiger partial charge is 0.487 e. The van der Waals surface area contributed by atoms with Crippen molar-refractivity contribution in [3.63, 3.8) is 0 Å². The van der Waals surface area contributed by atoms with Crippen LogP contribution in [0.5, 0.6) is 5.75 Å². The standard InChI is InChI=1S/C25H30FN3O5/c1-29(2)13-24(32)28-17-6-7-21-19(9-17)20-10-18(33-22(14-30)25(20)34-21)11-23(31)27-12-15-4-3-5-16(26)8-15/h3-9,18,20,22,25,30H,10-14H2,1-2H3,(H,27,31)(H,28,32)/t18-,20+,22-,25-/m0/s1. The highest BCUT2D eigenvalue weighted by Gasteiger charge is 2.46. The van der Waals surface area contributed by atoms with Crippen molar-refractivity contribution in [2.45, 2.75) is 43.6 Å². The Bertz CT molecular complexity index is 1050. The first kappa shape index (κ1) is 24.1. The molecule has 1 fully saturated rings. The highest BCUT2D eigenvalue weighted by atomic mass is 19.1. The first-order valence-electron chi connectivity index (χ1n) is 11.3. The Labute approximate surface area is 198 Å². The Hall–Kier alpha value is -3.01. The summed E-state index contributed by atoms with van der Waals surface area (Å²) in [5.74, 6) is -0.0652. The van der Waals surface area contributed by atoms with Crippen molar-refractivity contribution in [1.29, 1.82) is 0 Å². The van der Waals surface area contributed by atoms with Crippen LogP contribution in [0.3, 0.4) is 0 Å². The molecule has 3 N–H and O–H groups in total. The predicted octanol–water partition coefficient (Wildman–Crippen LogP) is 2.03. The summed E-state index contributed by atoms with van der Waals surface area (Å²) >= 11 is 0. The maximum atomic E-state index is 13.4. The number of likely N-dealkylation sites (N-methyl/N-ethyl adjacent to an activating group) is 1. The number of fused-ring (bicyclic) bond motifs is 3. The minimum atomic E-state index is -0.570. The molecule has 4 rings (SSSR count). The van der Waals surface area contributed by atoms with Crippen molar-refractivity contribution < 1.29 is 28.6 Å². The van der Waals surface area contributed by atoms with Gasteiger partial charge in [-0.25, -0.2) is 4.39 Å². The van der Waals surface area contributed by atoms with Crippen molar-refractivity contribution in [2.24, 2.45) is 0 Å². The van der Waals surface area contributed by atoms with Gasteiger partial charge in [0, 0.05) is 23.7 Å². The van der Waals surface area contributed by atoms with Gasteiger partial charge in [-0.15, -0.1) is 0 Å². The molecule has 9 heteroatoms. The summed E-state index contributed by atoms with van der Waals surface area (Å²) in [7, 11) is 3.65. The van der Waals surface area contributed by atoms with Crippen LogP contribution in [0.25, 0.3) is 0 Å². The van der Waals surface area contributed by atoms with Gasteiger partial charge in [-0.3, -0.25) is 9.59 Å². The zero-order chi connectivity index (χ0) is 24.2. The van der Waals surface area contributed by atoms with Gasteiger partial charge >= 0.3 is 0 Å². The molecule has 1 saturated heterocycles. The Morgan fingerprint density at radius 3 is 2.74 bits per heavy atom. The maximum absolute atomic E-state index is 13.4. The quantitative estimate of drug-likeness (QED) is 0.545. The number of carbonyl (C=O) groups is 2. The van der Waals surface area contributed by atoms with E-state index in [9.17, 15) is 19.1 Å². The highest BCUT2D eigenvalue weighted by molar-refractivity contribution is 5.92. The van der Waals surface area contributed by atoms with Crippen molar-refractivity contribution in [1.82, 2.24) is 10.2 Å². The van der Waals surface area contributed by atoms with Gasteiger partial charge in [0.1, 0.15) is 23.8 Å². The lowest BCUT2D eigenvalue weighted by atomic mass is 9.84. The smallest absolute Gasteiger partial charge is 0.238 e. The molecule has 2 aromatic rings. The molecule has 0 aromatic heterocycles. The fourth-order valence-electron chi connectivity index (χ4n) is 4.58. The topological polar surface area (TPSA) is 100 Å². The summed E-state index contributed by atoms with van der Waals surface area (Å²) in [4.78, 5) is 26.5. The number of hydrogen-bond donors (Lipinski definition) is 3. The number of ether oxygens (including phenoxy) is 2. The third kappa shape index (κ3) is 5.72. The van der Waals surface area contributed by atoms with E-state index in [-0.39, 0.29) is 55.8 Å². The molecule has 34 heavy (non-hydrogen) atoms. The van der Waals surface area contributed by atoms with Gasteiger partial charge in [-0.05, 0) is 56.4 Å². The molecule has 2 heterocycles. The third-order valence-corrected chi connectivity index (χ3v) is 6.03. The second-order valence-corrected chi connectivity index (χ2v) is 9.05. The number of benzene rings is 2. The van der Waals surface area contributed by atoms with Gasteiger partial charge in [0.2, 0.25) is 11.8 Å². The number of hydrogen-bond acceptors (Lipinski definition) is 6. The van der Waals surface area contributed by atoms with E-state index in [1.807, 2.05) is 26.2 Å². The summed E-state index contributed by atoms with van der Waals surface area (Å²) in [6.45, 7) is 0.261. The first-order chi connectivity index (χ1) is 16.3. The van der Waals surface area contributed by atoms with E-state index in [2.05, 4.69) is 10.6 Å². The molecule has 0 radical (unpaired) electrons. The molecule has 2 aliphatic heterocycles. The number of amides is 2. The van der Waals surface area contributed by atoms with E-state index >= 15 is 0 Å². The summed E-state index contributed by atoms with van der Waals surface area (Å²) in [5.41, 5.74) is 2.28. The van der Waals surface area contributed by atoms with Gasteiger partial charge < -0.3 is 30.1 Å². The van der Waals surface area contributed by atoms with E-state index < -0.39 is 12.2 Å². The average Bonchev–Trinajstić information content (AvgIpc) is 3.14. The van der Waals surface area contributed by atoms with Gasteiger partial charge in [-0.1, -0.05) is 12.1 Å². The molecule has 0 aliphatic carbocycles. The van der Waals surface area contributed by atoms with Crippen LogP contribution in [-0.4, -0.2) is 67.4 Å². The number of halogens is 1. The predicted molar refractivity (Wildman–Crippen MR) is 124 cm³/mol. The first-order valence-corrected chi connectivity index (χ1v) is 11.3. The zero-order valence-corrected chi connectivity index (χ0v) is 19.3. The van der Waals surface area contributed by atoms with Crippen LogP contribution in [0.2, 0.25) is 0 Å². The van der Waals surface area contributed by atoms with Crippen molar-refractivity contribution in [2.75, 3.05) is 32.6 Å². The van der Waals surface area contributed by atoms with Crippen molar-refractivity contribution in [3.05, 3.63) is 59.4 Å². The molecule has 2 aliphatic rings. The van der Waals surface area contributed by atoms with Crippen molar-refractivity contribution in [3.8, 4) is 5.75 Å². The van der Waals surface area contributed by atoms with Gasteiger partial charge in [0.25, 0.3) is 0 Å². The van der Waals surface area contributed by atoms with Crippen LogP contribution in [-0.2, 0) is 20.9 Å². The molecule has 0 saturated carbocycles. The Kier molecular flexibility index (Phi) is 7.45.